The van der Waals surface area contributed by atoms with E-state index in [1.807, 2.05) is 0 Å². The van der Waals surface area contributed by atoms with E-state index in [1.165, 1.54) is 6.39 Å². The van der Waals surface area contributed by atoms with Crippen LogP contribution in [0.2, 0.25) is 0 Å². The van der Waals surface area contributed by atoms with Crippen molar-refractivity contribution in [2.75, 3.05) is 6.61 Å². The summed E-state index contributed by atoms with van der Waals surface area (Å²) in [5.41, 5.74) is 1.34. The summed E-state index contributed by atoms with van der Waals surface area (Å²) in [4.78, 5) is 15.7. The molecule has 1 aromatic heterocycles. The fraction of sp³-hybridized carbons (Fsp3) is 0.333. The first-order valence-electron chi connectivity index (χ1n) is 5.49. The molecule has 5 nitrogen and oxygen atoms in total. The number of aromatic nitrogens is 1. The molecule has 0 saturated carbocycles. The highest BCUT2D eigenvalue weighted by Gasteiger charge is 2.25. The molecule has 1 aromatic carbocycles. The minimum atomic E-state index is -0.428. The fourth-order valence-electron chi connectivity index (χ4n) is 1.85. The van der Waals surface area contributed by atoms with Gasteiger partial charge in [0, 0.05) is 12.7 Å². The standard InChI is InChI=1S/C12H11NO4/c14-12(11-2-1-5-15-11)17-8-3-4-10-9(6-8)13-7-16-10/h3-4,6-7,11H,1-2,5H2. The van der Waals surface area contributed by atoms with Crippen LogP contribution in [0.3, 0.4) is 0 Å². The number of hydrogen-bond acceptors (Lipinski definition) is 5. The van der Waals surface area contributed by atoms with Crippen molar-refractivity contribution < 1.29 is 18.7 Å². The van der Waals surface area contributed by atoms with Crippen LogP contribution in [0.25, 0.3) is 11.1 Å². The van der Waals surface area contributed by atoms with Crippen molar-refractivity contribution in [3.05, 3.63) is 24.6 Å². The molecule has 1 saturated heterocycles. The number of oxazole rings is 1. The maximum Gasteiger partial charge on any atom is 0.340 e. The van der Waals surface area contributed by atoms with Crippen molar-refractivity contribution in [1.82, 2.24) is 4.98 Å². The molecule has 0 amide bonds. The van der Waals surface area contributed by atoms with Crippen LogP contribution in [-0.4, -0.2) is 23.7 Å². The highest BCUT2D eigenvalue weighted by atomic mass is 16.6. The van der Waals surface area contributed by atoms with E-state index in [-0.39, 0.29) is 5.97 Å². The Balaban J connectivity index is 1.77. The molecule has 1 aliphatic rings. The van der Waals surface area contributed by atoms with E-state index in [9.17, 15) is 4.79 Å². The number of carbonyl (C=O) groups excluding carboxylic acids is 1. The van der Waals surface area contributed by atoms with Crippen molar-refractivity contribution in [2.24, 2.45) is 0 Å². The van der Waals surface area contributed by atoms with Crippen LogP contribution >= 0.6 is 0 Å². The van der Waals surface area contributed by atoms with E-state index in [0.29, 0.717) is 23.5 Å². The van der Waals surface area contributed by atoms with Crippen molar-refractivity contribution in [1.29, 1.82) is 0 Å². The van der Waals surface area contributed by atoms with Crippen LogP contribution in [0.1, 0.15) is 12.8 Å². The zero-order valence-corrected chi connectivity index (χ0v) is 9.09. The monoisotopic (exact) mass is 233 g/mol. The molecular weight excluding hydrogens is 222 g/mol. The van der Waals surface area contributed by atoms with E-state index in [4.69, 9.17) is 13.9 Å². The lowest BCUT2D eigenvalue weighted by atomic mass is 10.2. The summed E-state index contributed by atoms with van der Waals surface area (Å²) in [6.07, 6.45) is 2.56. The molecule has 0 bridgehead atoms. The highest BCUT2D eigenvalue weighted by Crippen LogP contribution is 2.21. The molecule has 0 spiro atoms. The Morgan fingerprint density at radius 2 is 2.41 bits per heavy atom. The van der Waals surface area contributed by atoms with Crippen LogP contribution in [0.4, 0.5) is 0 Å². The molecule has 0 N–H and O–H groups in total. The minimum absolute atomic E-state index is 0.342. The number of hydrogen-bond donors (Lipinski definition) is 0. The van der Waals surface area contributed by atoms with Crippen LogP contribution in [0.15, 0.2) is 29.0 Å². The van der Waals surface area contributed by atoms with E-state index >= 15 is 0 Å². The molecule has 0 aliphatic carbocycles. The molecule has 2 heterocycles. The quantitative estimate of drug-likeness (QED) is 0.585. The third kappa shape index (κ3) is 2.01. The summed E-state index contributed by atoms with van der Waals surface area (Å²) in [6.45, 7) is 0.627. The number of fused-ring (bicyclic) bond motifs is 1. The Bertz CT molecular complexity index is 542. The zero-order valence-electron chi connectivity index (χ0n) is 9.09. The van der Waals surface area contributed by atoms with Crippen molar-refractivity contribution in [2.45, 2.75) is 18.9 Å². The average Bonchev–Trinajstić information content (AvgIpc) is 2.99. The second kappa shape index (κ2) is 4.18. The Labute approximate surface area is 97.3 Å². The second-order valence-corrected chi connectivity index (χ2v) is 3.90. The molecule has 17 heavy (non-hydrogen) atoms. The van der Waals surface area contributed by atoms with Gasteiger partial charge in [0.05, 0.1) is 0 Å². The van der Waals surface area contributed by atoms with Gasteiger partial charge in [-0.25, -0.2) is 9.78 Å². The van der Waals surface area contributed by atoms with Crippen molar-refractivity contribution in [3.63, 3.8) is 0 Å². The third-order valence-electron chi connectivity index (χ3n) is 2.71. The lowest BCUT2D eigenvalue weighted by molar-refractivity contribution is -0.144. The first-order chi connectivity index (χ1) is 8.33. The van der Waals surface area contributed by atoms with Crippen LogP contribution < -0.4 is 4.74 Å². The summed E-state index contributed by atoms with van der Waals surface area (Å²) in [5.74, 6) is 0.122. The highest BCUT2D eigenvalue weighted by molar-refractivity contribution is 5.80. The van der Waals surface area contributed by atoms with Gasteiger partial charge in [0.25, 0.3) is 0 Å². The largest absolute Gasteiger partial charge is 0.443 e. The SMILES string of the molecule is O=C(Oc1ccc2ocnc2c1)C1CCCO1. The predicted octanol–water partition coefficient (Wildman–Crippen LogP) is 1.91. The Morgan fingerprint density at radius 1 is 1.47 bits per heavy atom. The van der Waals surface area contributed by atoms with Gasteiger partial charge in [-0.05, 0) is 25.0 Å². The molecule has 88 valence electrons. The van der Waals surface area contributed by atoms with Crippen molar-refractivity contribution in [3.8, 4) is 5.75 Å². The first kappa shape index (κ1) is 10.3. The molecule has 1 fully saturated rings. The van der Waals surface area contributed by atoms with Gasteiger partial charge in [0.2, 0.25) is 0 Å². The molecule has 1 atom stereocenters. The third-order valence-corrected chi connectivity index (χ3v) is 2.71. The van der Waals surface area contributed by atoms with E-state index in [0.717, 1.165) is 12.8 Å². The predicted molar refractivity (Wildman–Crippen MR) is 58.6 cm³/mol. The first-order valence-corrected chi connectivity index (χ1v) is 5.49. The van der Waals surface area contributed by atoms with Gasteiger partial charge >= 0.3 is 5.97 Å². The Hall–Kier alpha value is -1.88. The molecule has 0 radical (unpaired) electrons. The smallest absolute Gasteiger partial charge is 0.340 e. The zero-order chi connectivity index (χ0) is 11.7. The molecule has 3 rings (SSSR count). The lowest BCUT2D eigenvalue weighted by Crippen LogP contribution is -2.24. The van der Waals surface area contributed by atoms with Gasteiger partial charge in [-0.2, -0.15) is 0 Å². The van der Waals surface area contributed by atoms with Gasteiger partial charge in [-0.15, -0.1) is 0 Å². The second-order valence-electron chi connectivity index (χ2n) is 3.90. The number of nitrogens with zero attached hydrogens (tertiary/aromatic N) is 1. The van der Waals surface area contributed by atoms with E-state index in [1.54, 1.807) is 18.2 Å². The normalized spacial score (nSPS) is 19.6. The number of ether oxygens (including phenoxy) is 2. The number of carbonyl (C=O) groups is 1. The summed E-state index contributed by atoms with van der Waals surface area (Å²) in [6, 6.07) is 5.08. The fourth-order valence-corrected chi connectivity index (χ4v) is 1.85. The molecule has 2 aromatic rings. The summed E-state index contributed by atoms with van der Waals surface area (Å²) in [5, 5.41) is 0. The van der Waals surface area contributed by atoms with E-state index in [2.05, 4.69) is 4.98 Å². The maximum atomic E-state index is 11.7. The topological polar surface area (TPSA) is 61.6 Å². The molecule has 1 unspecified atom stereocenters. The number of esters is 1. The average molecular weight is 233 g/mol. The Kier molecular flexibility index (Phi) is 2.53. The lowest BCUT2D eigenvalue weighted by Gasteiger charge is -2.08. The van der Waals surface area contributed by atoms with Gasteiger partial charge < -0.3 is 13.9 Å². The Morgan fingerprint density at radius 3 is 3.24 bits per heavy atom. The molecule has 5 heteroatoms. The molecule has 1 aliphatic heterocycles. The minimum Gasteiger partial charge on any atom is -0.443 e. The van der Waals surface area contributed by atoms with E-state index < -0.39 is 6.10 Å². The van der Waals surface area contributed by atoms with Gasteiger partial charge in [0.1, 0.15) is 11.3 Å². The summed E-state index contributed by atoms with van der Waals surface area (Å²) < 4.78 is 15.6. The van der Waals surface area contributed by atoms with Gasteiger partial charge in [-0.1, -0.05) is 0 Å². The van der Waals surface area contributed by atoms with Crippen LogP contribution in [-0.2, 0) is 9.53 Å². The van der Waals surface area contributed by atoms with Crippen LogP contribution in [0, 0.1) is 0 Å². The van der Waals surface area contributed by atoms with Crippen molar-refractivity contribution >= 4 is 17.1 Å². The summed E-state index contributed by atoms with van der Waals surface area (Å²) >= 11 is 0. The van der Waals surface area contributed by atoms with Gasteiger partial charge in [0.15, 0.2) is 18.1 Å². The number of rotatable bonds is 2. The van der Waals surface area contributed by atoms with Crippen LogP contribution in [0.5, 0.6) is 5.75 Å². The maximum absolute atomic E-state index is 11.7. The van der Waals surface area contributed by atoms with Gasteiger partial charge in [-0.3, -0.25) is 0 Å². The summed E-state index contributed by atoms with van der Waals surface area (Å²) in [7, 11) is 0. The number of benzene rings is 1. The molecular formula is C12H11NO4.